The number of anilines is 1. The van der Waals surface area contributed by atoms with Gasteiger partial charge in [0.15, 0.2) is 0 Å². The zero-order chi connectivity index (χ0) is 18.1. The molecule has 0 saturated carbocycles. The van der Waals surface area contributed by atoms with Crippen LogP contribution in [0.4, 0.5) is 5.69 Å². The van der Waals surface area contributed by atoms with E-state index < -0.39 is 0 Å². The number of aryl methyl sites for hydroxylation is 2. The highest BCUT2D eigenvalue weighted by Crippen LogP contribution is 2.29. The van der Waals surface area contributed by atoms with Crippen LogP contribution in [0.3, 0.4) is 0 Å². The lowest BCUT2D eigenvalue weighted by Gasteiger charge is -2.09. The van der Waals surface area contributed by atoms with Crippen LogP contribution in [0.2, 0.25) is 0 Å². The molecule has 0 aliphatic rings. The number of para-hydroxylation sites is 1. The molecule has 26 heavy (non-hydrogen) atoms. The molecule has 0 fully saturated rings. The first-order valence-electron chi connectivity index (χ1n) is 8.02. The summed E-state index contributed by atoms with van der Waals surface area (Å²) in [6.45, 7) is 1.97. The van der Waals surface area contributed by atoms with E-state index in [9.17, 15) is 4.79 Å². The molecule has 4 rings (SSSR count). The fourth-order valence-electron chi connectivity index (χ4n) is 2.71. The van der Waals surface area contributed by atoms with Gasteiger partial charge in [-0.1, -0.05) is 24.3 Å². The molecule has 1 amide bonds. The molecular weight excluding hydrogens is 364 g/mol. The molecule has 4 aromatic rings. The van der Waals surface area contributed by atoms with Crippen molar-refractivity contribution in [2.75, 3.05) is 5.32 Å². The summed E-state index contributed by atoms with van der Waals surface area (Å²) in [6, 6.07) is 13.5. The van der Waals surface area contributed by atoms with Crippen LogP contribution in [-0.4, -0.2) is 20.7 Å². The molecule has 3 heterocycles. The molecule has 1 N–H and O–H groups in total. The van der Waals surface area contributed by atoms with Gasteiger partial charge in [-0.05, 0) is 30.5 Å². The van der Waals surface area contributed by atoms with Gasteiger partial charge >= 0.3 is 0 Å². The van der Waals surface area contributed by atoms with Crippen molar-refractivity contribution in [1.29, 1.82) is 0 Å². The van der Waals surface area contributed by atoms with Crippen molar-refractivity contribution in [2.45, 2.75) is 6.92 Å². The van der Waals surface area contributed by atoms with Gasteiger partial charge in [-0.2, -0.15) is 5.10 Å². The van der Waals surface area contributed by atoms with Gasteiger partial charge in [0.25, 0.3) is 5.91 Å². The first-order chi connectivity index (χ1) is 12.6. The van der Waals surface area contributed by atoms with E-state index in [1.54, 1.807) is 34.4 Å². The zero-order valence-corrected chi connectivity index (χ0v) is 15.9. The van der Waals surface area contributed by atoms with Crippen molar-refractivity contribution in [2.24, 2.45) is 7.05 Å². The van der Waals surface area contributed by atoms with Crippen molar-refractivity contribution in [3.8, 4) is 21.8 Å². The minimum atomic E-state index is -0.192. The van der Waals surface area contributed by atoms with Crippen LogP contribution >= 0.6 is 22.7 Å². The number of rotatable bonds is 4. The maximum Gasteiger partial charge on any atom is 0.273 e. The van der Waals surface area contributed by atoms with E-state index in [4.69, 9.17) is 0 Å². The van der Waals surface area contributed by atoms with Crippen molar-refractivity contribution in [1.82, 2.24) is 14.8 Å². The topological polar surface area (TPSA) is 59.8 Å². The Balaban J connectivity index is 1.64. The molecule has 0 bridgehead atoms. The van der Waals surface area contributed by atoms with Gasteiger partial charge in [-0.3, -0.25) is 9.48 Å². The Morgan fingerprint density at radius 1 is 1.12 bits per heavy atom. The average molecular weight is 380 g/mol. The summed E-state index contributed by atoms with van der Waals surface area (Å²) >= 11 is 3.19. The van der Waals surface area contributed by atoms with E-state index in [1.165, 1.54) is 0 Å². The van der Waals surface area contributed by atoms with Crippen molar-refractivity contribution in [3.05, 3.63) is 63.9 Å². The van der Waals surface area contributed by atoms with Crippen LogP contribution in [0.1, 0.15) is 15.5 Å². The summed E-state index contributed by atoms with van der Waals surface area (Å²) in [7, 11) is 1.78. The highest BCUT2D eigenvalue weighted by atomic mass is 32.1. The number of amides is 1. The van der Waals surface area contributed by atoms with Gasteiger partial charge in [0.1, 0.15) is 11.4 Å². The number of nitrogens with one attached hydrogen (secondary N) is 1. The summed E-state index contributed by atoms with van der Waals surface area (Å²) in [6.07, 6.45) is 0. The lowest BCUT2D eigenvalue weighted by atomic mass is 10.1. The van der Waals surface area contributed by atoms with Gasteiger partial charge in [0.05, 0.1) is 21.3 Å². The van der Waals surface area contributed by atoms with E-state index in [0.29, 0.717) is 5.69 Å². The molecule has 1 aromatic carbocycles. The summed E-state index contributed by atoms with van der Waals surface area (Å²) in [5.74, 6) is -0.192. The van der Waals surface area contributed by atoms with E-state index in [1.807, 2.05) is 60.1 Å². The third-order valence-electron chi connectivity index (χ3n) is 3.96. The third-order valence-corrected chi connectivity index (χ3v) is 5.62. The minimum absolute atomic E-state index is 0.192. The van der Waals surface area contributed by atoms with Crippen LogP contribution in [0, 0.1) is 6.92 Å². The minimum Gasteiger partial charge on any atom is -0.320 e. The van der Waals surface area contributed by atoms with Crippen LogP contribution < -0.4 is 5.32 Å². The second kappa shape index (κ2) is 6.86. The zero-order valence-electron chi connectivity index (χ0n) is 14.3. The molecule has 0 unspecified atom stereocenters. The predicted molar refractivity (Wildman–Crippen MR) is 107 cm³/mol. The van der Waals surface area contributed by atoms with Crippen LogP contribution in [0.5, 0.6) is 0 Å². The molecule has 0 aliphatic heterocycles. The van der Waals surface area contributed by atoms with Crippen LogP contribution in [0.15, 0.2) is 53.2 Å². The molecule has 3 aromatic heterocycles. The fraction of sp³-hybridized carbons (Fsp3) is 0.105. The van der Waals surface area contributed by atoms with E-state index in [-0.39, 0.29) is 5.91 Å². The number of benzene rings is 1. The molecular formula is C19H16N4OS2. The van der Waals surface area contributed by atoms with Crippen molar-refractivity contribution in [3.63, 3.8) is 0 Å². The molecule has 5 nitrogen and oxygen atoms in total. The average Bonchev–Trinajstić information content (AvgIpc) is 3.36. The lowest BCUT2D eigenvalue weighted by Crippen LogP contribution is -2.16. The number of carbonyl (C=O) groups excluding carboxylic acids is 1. The number of nitrogens with zero attached hydrogens (tertiary/aromatic N) is 3. The first kappa shape index (κ1) is 16.7. The van der Waals surface area contributed by atoms with Gasteiger partial charge in [-0.25, -0.2) is 4.98 Å². The summed E-state index contributed by atoms with van der Waals surface area (Å²) in [5.41, 5.74) is 3.83. The number of thiophene rings is 1. The van der Waals surface area contributed by atoms with Gasteiger partial charge in [0, 0.05) is 18.0 Å². The molecule has 0 spiro atoms. The fourth-order valence-corrected chi connectivity index (χ4v) is 4.01. The molecule has 7 heteroatoms. The maximum absolute atomic E-state index is 12.8. The van der Waals surface area contributed by atoms with Crippen LogP contribution in [0.25, 0.3) is 21.8 Å². The van der Waals surface area contributed by atoms with Crippen molar-refractivity contribution >= 4 is 34.3 Å². The molecule has 0 saturated heterocycles. The normalized spacial score (nSPS) is 10.8. The van der Waals surface area contributed by atoms with Crippen molar-refractivity contribution < 1.29 is 4.79 Å². The summed E-state index contributed by atoms with van der Waals surface area (Å²) in [4.78, 5) is 18.4. The largest absolute Gasteiger partial charge is 0.320 e. The lowest BCUT2D eigenvalue weighted by molar-refractivity contribution is 0.101. The Kier molecular flexibility index (Phi) is 4.40. The SMILES string of the molecule is Cc1nc(-c2ccccc2NC(=O)c2cc(-c3cccs3)nn2C)cs1. The summed E-state index contributed by atoms with van der Waals surface area (Å²) in [5, 5.41) is 12.4. The molecule has 0 radical (unpaired) electrons. The molecule has 0 atom stereocenters. The van der Waals surface area contributed by atoms with Crippen LogP contribution in [-0.2, 0) is 7.05 Å². The monoisotopic (exact) mass is 380 g/mol. The Bertz CT molecular complexity index is 1060. The van der Waals surface area contributed by atoms with E-state index in [0.717, 1.165) is 32.5 Å². The van der Waals surface area contributed by atoms with E-state index >= 15 is 0 Å². The van der Waals surface area contributed by atoms with Gasteiger partial charge in [-0.15, -0.1) is 22.7 Å². The van der Waals surface area contributed by atoms with E-state index in [2.05, 4.69) is 15.4 Å². The highest BCUT2D eigenvalue weighted by molar-refractivity contribution is 7.13. The number of thiazole rings is 1. The first-order valence-corrected chi connectivity index (χ1v) is 9.78. The number of hydrogen-bond acceptors (Lipinski definition) is 5. The standard InChI is InChI=1S/C19H16N4OS2/c1-12-20-16(11-26-12)13-6-3-4-7-14(13)21-19(24)17-10-15(22-23(17)2)18-8-5-9-25-18/h3-11H,1-2H3,(H,21,24). The number of carbonyl (C=O) groups is 1. The smallest absolute Gasteiger partial charge is 0.273 e. The van der Waals surface area contributed by atoms with Gasteiger partial charge < -0.3 is 5.32 Å². The number of aromatic nitrogens is 3. The Morgan fingerprint density at radius 3 is 2.69 bits per heavy atom. The Labute approximate surface area is 159 Å². The molecule has 130 valence electrons. The quantitative estimate of drug-likeness (QED) is 0.551. The second-order valence-electron chi connectivity index (χ2n) is 5.77. The highest BCUT2D eigenvalue weighted by Gasteiger charge is 2.17. The Hall–Kier alpha value is -2.77. The second-order valence-corrected chi connectivity index (χ2v) is 7.78. The number of hydrogen-bond donors (Lipinski definition) is 1. The third kappa shape index (κ3) is 3.18. The Morgan fingerprint density at radius 2 is 1.96 bits per heavy atom. The predicted octanol–water partition coefficient (Wildman–Crippen LogP) is 4.83. The molecule has 0 aliphatic carbocycles. The summed E-state index contributed by atoms with van der Waals surface area (Å²) < 4.78 is 1.61. The maximum atomic E-state index is 12.8. The van der Waals surface area contributed by atoms with Gasteiger partial charge in [0.2, 0.25) is 0 Å².